The van der Waals surface area contributed by atoms with Crippen LogP contribution in [0.1, 0.15) is 28.0 Å². The summed E-state index contributed by atoms with van der Waals surface area (Å²) in [5.74, 6) is 0.180. The van der Waals surface area contributed by atoms with Gasteiger partial charge in [0.15, 0.2) is 5.78 Å². The number of aromatic nitrogens is 1. The third-order valence-corrected chi connectivity index (χ3v) is 2.70. The van der Waals surface area contributed by atoms with Gasteiger partial charge in [-0.2, -0.15) is 0 Å². The van der Waals surface area contributed by atoms with E-state index in [1.807, 2.05) is 43.3 Å². The van der Waals surface area contributed by atoms with E-state index in [1.54, 1.807) is 12.3 Å². The largest absolute Gasteiger partial charge is 0.294 e. The first-order valence-electron chi connectivity index (χ1n) is 5.75. The van der Waals surface area contributed by atoms with Crippen LogP contribution < -0.4 is 0 Å². The Balaban J connectivity index is 1.98. The topological polar surface area (TPSA) is 30.0 Å². The van der Waals surface area contributed by atoms with Gasteiger partial charge in [0.25, 0.3) is 0 Å². The normalized spacial score (nSPS) is 10.2. The lowest BCUT2D eigenvalue weighted by molar-refractivity contribution is 0.0982. The van der Waals surface area contributed by atoms with Crippen LogP contribution in [0, 0.1) is 6.92 Å². The van der Waals surface area contributed by atoms with Gasteiger partial charge in [-0.05, 0) is 31.0 Å². The number of rotatable bonds is 4. The van der Waals surface area contributed by atoms with Gasteiger partial charge in [0, 0.05) is 23.9 Å². The van der Waals surface area contributed by atoms with Crippen molar-refractivity contribution in [2.24, 2.45) is 0 Å². The van der Waals surface area contributed by atoms with E-state index in [4.69, 9.17) is 0 Å². The Kier molecular flexibility index (Phi) is 3.66. The molecule has 0 fully saturated rings. The number of Topliss-reactive ketones (excluding diaryl/α,β-unsaturated/α-hetero) is 1. The van der Waals surface area contributed by atoms with Crippen molar-refractivity contribution in [3.63, 3.8) is 0 Å². The molecule has 0 radical (unpaired) electrons. The van der Waals surface area contributed by atoms with E-state index in [9.17, 15) is 4.79 Å². The van der Waals surface area contributed by atoms with Crippen LogP contribution in [0.25, 0.3) is 0 Å². The molecule has 2 heteroatoms. The number of benzene rings is 1. The minimum Gasteiger partial charge on any atom is -0.294 e. The van der Waals surface area contributed by atoms with Crippen LogP contribution in [0.3, 0.4) is 0 Å². The first kappa shape index (κ1) is 11.5. The summed E-state index contributed by atoms with van der Waals surface area (Å²) in [6.07, 6.45) is 3.03. The Bertz CT molecular complexity index is 505. The molecule has 2 nitrogen and oxygen atoms in total. The first-order chi connectivity index (χ1) is 8.25. The summed E-state index contributed by atoms with van der Waals surface area (Å²) in [5.41, 5.74) is 2.84. The molecule has 2 rings (SSSR count). The molecule has 0 unspecified atom stereocenters. The monoisotopic (exact) mass is 225 g/mol. The lowest BCUT2D eigenvalue weighted by atomic mass is 10.0. The van der Waals surface area contributed by atoms with E-state index in [-0.39, 0.29) is 5.78 Å². The summed E-state index contributed by atoms with van der Waals surface area (Å²) in [6.45, 7) is 1.90. The molecule has 17 heavy (non-hydrogen) atoms. The molecule has 86 valence electrons. The zero-order valence-electron chi connectivity index (χ0n) is 9.89. The Labute approximate surface area is 101 Å². The number of carbonyl (C=O) groups excluding carboxylic acids is 1. The minimum absolute atomic E-state index is 0.180. The van der Waals surface area contributed by atoms with Gasteiger partial charge in [-0.15, -0.1) is 0 Å². The number of ketones is 1. The third kappa shape index (κ3) is 3.25. The van der Waals surface area contributed by atoms with E-state index < -0.39 is 0 Å². The van der Waals surface area contributed by atoms with Crippen LogP contribution in [0.15, 0.2) is 48.7 Å². The maximum absolute atomic E-state index is 11.9. The molecule has 0 bridgehead atoms. The predicted molar refractivity (Wildman–Crippen MR) is 68.1 cm³/mol. The maximum Gasteiger partial charge on any atom is 0.163 e. The molecule has 2 aromatic rings. The quantitative estimate of drug-likeness (QED) is 0.748. The molecule has 0 atom stereocenters. The SMILES string of the molecule is Cc1cc(C(=O)CCc2ccccc2)ccn1. The number of aryl methyl sites for hydroxylation is 2. The number of carbonyl (C=O) groups is 1. The van der Waals surface area contributed by atoms with Crippen LogP contribution in [0.2, 0.25) is 0 Å². The minimum atomic E-state index is 0.180. The smallest absolute Gasteiger partial charge is 0.163 e. The lowest BCUT2D eigenvalue weighted by Crippen LogP contribution is -2.02. The molecule has 0 aliphatic carbocycles. The second-order valence-electron chi connectivity index (χ2n) is 4.09. The van der Waals surface area contributed by atoms with E-state index in [0.717, 1.165) is 17.7 Å². The highest BCUT2D eigenvalue weighted by molar-refractivity contribution is 5.96. The zero-order valence-corrected chi connectivity index (χ0v) is 9.89. The van der Waals surface area contributed by atoms with Crippen molar-refractivity contribution in [1.82, 2.24) is 4.98 Å². The average molecular weight is 225 g/mol. The van der Waals surface area contributed by atoms with Crippen LogP contribution >= 0.6 is 0 Å². The number of nitrogens with zero attached hydrogens (tertiary/aromatic N) is 1. The molecule has 0 aliphatic heterocycles. The van der Waals surface area contributed by atoms with Crippen LogP contribution in [0.4, 0.5) is 0 Å². The fourth-order valence-corrected chi connectivity index (χ4v) is 1.77. The van der Waals surface area contributed by atoms with Crippen molar-refractivity contribution in [2.45, 2.75) is 19.8 Å². The van der Waals surface area contributed by atoms with Gasteiger partial charge in [-0.3, -0.25) is 9.78 Å². The summed E-state index contributed by atoms with van der Waals surface area (Å²) in [6, 6.07) is 13.7. The van der Waals surface area contributed by atoms with Gasteiger partial charge in [-0.25, -0.2) is 0 Å². The summed E-state index contributed by atoms with van der Waals surface area (Å²) >= 11 is 0. The van der Waals surface area contributed by atoms with Crippen molar-refractivity contribution < 1.29 is 4.79 Å². The Morgan fingerprint density at radius 2 is 1.94 bits per heavy atom. The second kappa shape index (κ2) is 5.39. The molecular formula is C15H15NO. The highest BCUT2D eigenvalue weighted by atomic mass is 16.1. The van der Waals surface area contributed by atoms with Gasteiger partial charge in [-0.1, -0.05) is 30.3 Å². The summed E-state index contributed by atoms with van der Waals surface area (Å²) in [7, 11) is 0. The van der Waals surface area contributed by atoms with Crippen LogP contribution in [-0.4, -0.2) is 10.8 Å². The molecule has 1 aromatic carbocycles. The van der Waals surface area contributed by atoms with E-state index >= 15 is 0 Å². The summed E-state index contributed by atoms with van der Waals surface area (Å²) in [5, 5.41) is 0. The number of hydrogen-bond acceptors (Lipinski definition) is 2. The van der Waals surface area contributed by atoms with E-state index in [1.165, 1.54) is 5.56 Å². The van der Waals surface area contributed by atoms with Gasteiger partial charge in [0.1, 0.15) is 0 Å². The van der Waals surface area contributed by atoms with Crippen molar-refractivity contribution in [3.8, 4) is 0 Å². The molecular weight excluding hydrogens is 210 g/mol. The Hall–Kier alpha value is -1.96. The van der Waals surface area contributed by atoms with Gasteiger partial charge < -0.3 is 0 Å². The predicted octanol–water partition coefficient (Wildman–Crippen LogP) is 3.21. The summed E-state index contributed by atoms with van der Waals surface area (Å²) < 4.78 is 0. The van der Waals surface area contributed by atoms with Gasteiger partial charge >= 0.3 is 0 Å². The van der Waals surface area contributed by atoms with Crippen LogP contribution in [-0.2, 0) is 6.42 Å². The Morgan fingerprint density at radius 1 is 1.18 bits per heavy atom. The van der Waals surface area contributed by atoms with Gasteiger partial charge in [0.2, 0.25) is 0 Å². The van der Waals surface area contributed by atoms with E-state index in [0.29, 0.717) is 6.42 Å². The molecule has 0 saturated carbocycles. The third-order valence-electron chi connectivity index (χ3n) is 2.70. The van der Waals surface area contributed by atoms with Crippen molar-refractivity contribution in [1.29, 1.82) is 0 Å². The zero-order chi connectivity index (χ0) is 12.1. The highest BCUT2D eigenvalue weighted by Gasteiger charge is 2.06. The lowest BCUT2D eigenvalue weighted by Gasteiger charge is -2.02. The molecule has 0 aliphatic rings. The molecule has 1 aromatic heterocycles. The van der Waals surface area contributed by atoms with Crippen LogP contribution in [0.5, 0.6) is 0 Å². The second-order valence-corrected chi connectivity index (χ2v) is 4.09. The molecule has 0 N–H and O–H groups in total. The van der Waals surface area contributed by atoms with Gasteiger partial charge in [0.05, 0.1) is 0 Å². The van der Waals surface area contributed by atoms with Crippen molar-refractivity contribution >= 4 is 5.78 Å². The molecule has 0 amide bonds. The highest BCUT2D eigenvalue weighted by Crippen LogP contribution is 2.08. The standard InChI is InChI=1S/C15H15NO/c1-12-11-14(9-10-16-12)15(17)8-7-13-5-3-2-4-6-13/h2-6,9-11H,7-8H2,1H3. The molecule has 0 spiro atoms. The molecule has 0 saturated heterocycles. The summed E-state index contributed by atoms with van der Waals surface area (Å²) in [4.78, 5) is 16.0. The number of pyridine rings is 1. The first-order valence-corrected chi connectivity index (χ1v) is 5.75. The fourth-order valence-electron chi connectivity index (χ4n) is 1.77. The van der Waals surface area contributed by atoms with E-state index in [2.05, 4.69) is 4.98 Å². The average Bonchev–Trinajstić information content (AvgIpc) is 2.37. The van der Waals surface area contributed by atoms with Crippen molar-refractivity contribution in [3.05, 3.63) is 65.5 Å². The number of hydrogen-bond donors (Lipinski definition) is 0. The van der Waals surface area contributed by atoms with Crippen molar-refractivity contribution in [2.75, 3.05) is 0 Å². The fraction of sp³-hybridized carbons (Fsp3) is 0.200. The maximum atomic E-state index is 11.9. The molecule has 1 heterocycles. The Morgan fingerprint density at radius 3 is 2.65 bits per heavy atom.